The molecule has 0 aliphatic carbocycles. The number of rotatable bonds is 6. The number of carbonyl (C=O) groups is 1. The molecule has 0 fully saturated rings. The Morgan fingerprint density at radius 2 is 2.35 bits per heavy atom. The Hall–Kier alpha value is -1.36. The fourth-order valence-electron chi connectivity index (χ4n) is 1.76. The molecule has 0 bridgehead atoms. The number of amides is 1. The molecule has 17 heavy (non-hydrogen) atoms. The molecule has 0 aromatic carbocycles. The van der Waals surface area contributed by atoms with Crippen LogP contribution in [0.15, 0.2) is 6.20 Å². The average Bonchev–Trinajstić information content (AvgIpc) is 2.54. The molecule has 5 heteroatoms. The van der Waals surface area contributed by atoms with Gasteiger partial charge >= 0.3 is 0 Å². The van der Waals surface area contributed by atoms with Crippen molar-refractivity contribution in [2.24, 2.45) is 7.05 Å². The minimum atomic E-state index is 0.0224. The minimum Gasteiger partial charge on any atom is -0.396 e. The summed E-state index contributed by atoms with van der Waals surface area (Å²) < 4.78 is 1.76. The van der Waals surface area contributed by atoms with Gasteiger partial charge in [0.05, 0.1) is 5.69 Å². The zero-order valence-electron chi connectivity index (χ0n) is 10.7. The zero-order chi connectivity index (χ0) is 12.8. The van der Waals surface area contributed by atoms with Crippen molar-refractivity contribution in [2.75, 3.05) is 6.61 Å². The number of hydrogen-bond acceptors (Lipinski definition) is 3. The standard InChI is InChI=1S/C12H21N3O2/c1-9(6-7-16)13-12(17)5-4-11-8-15(3)14-10(11)2/h8-9,16H,4-7H2,1-3H3,(H,13,17). The first kappa shape index (κ1) is 13.7. The summed E-state index contributed by atoms with van der Waals surface area (Å²) in [5.41, 5.74) is 2.08. The van der Waals surface area contributed by atoms with Crippen molar-refractivity contribution in [3.05, 3.63) is 17.5 Å². The molecule has 1 amide bonds. The van der Waals surface area contributed by atoms with Gasteiger partial charge in [-0.15, -0.1) is 0 Å². The summed E-state index contributed by atoms with van der Waals surface area (Å²) in [5.74, 6) is 0.0224. The Morgan fingerprint density at radius 3 is 2.88 bits per heavy atom. The van der Waals surface area contributed by atoms with Crippen molar-refractivity contribution < 1.29 is 9.90 Å². The second-order valence-corrected chi connectivity index (χ2v) is 4.39. The second-order valence-electron chi connectivity index (χ2n) is 4.39. The molecule has 0 saturated heterocycles. The highest BCUT2D eigenvalue weighted by atomic mass is 16.3. The van der Waals surface area contributed by atoms with Crippen LogP contribution in [-0.2, 0) is 18.3 Å². The van der Waals surface area contributed by atoms with Crippen molar-refractivity contribution in [3.63, 3.8) is 0 Å². The summed E-state index contributed by atoms with van der Waals surface area (Å²) >= 11 is 0. The maximum absolute atomic E-state index is 11.6. The lowest BCUT2D eigenvalue weighted by Gasteiger charge is -2.11. The molecule has 0 radical (unpaired) electrons. The average molecular weight is 239 g/mol. The third kappa shape index (κ3) is 4.56. The van der Waals surface area contributed by atoms with Gasteiger partial charge < -0.3 is 10.4 Å². The van der Waals surface area contributed by atoms with E-state index >= 15 is 0 Å². The van der Waals surface area contributed by atoms with Crippen molar-refractivity contribution in [1.29, 1.82) is 0 Å². The summed E-state index contributed by atoms with van der Waals surface area (Å²) in [7, 11) is 1.87. The van der Waals surface area contributed by atoms with Crippen LogP contribution in [0.1, 0.15) is 31.0 Å². The number of aliphatic hydroxyl groups is 1. The van der Waals surface area contributed by atoms with Gasteiger partial charge in [-0.2, -0.15) is 5.10 Å². The van der Waals surface area contributed by atoms with E-state index in [1.165, 1.54) is 0 Å². The number of nitrogens with one attached hydrogen (secondary N) is 1. The van der Waals surface area contributed by atoms with E-state index in [2.05, 4.69) is 10.4 Å². The number of aromatic nitrogens is 2. The van der Waals surface area contributed by atoms with Crippen LogP contribution in [0.2, 0.25) is 0 Å². The van der Waals surface area contributed by atoms with Gasteiger partial charge in [-0.1, -0.05) is 0 Å². The van der Waals surface area contributed by atoms with Crippen LogP contribution in [0.3, 0.4) is 0 Å². The van der Waals surface area contributed by atoms with Gasteiger partial charge in [0, 0.05) is 32.3 Å². The summed E-state index contributed by atoms with van der Waals surface area (Å²) in [6.45, 7) is 3.94. The van der Waals surface area contributed by atoms with Crippen LogP contribution >= 0.6 is 0 Å². The number of hydrogen-bond donors (Lipinski definition) is 2. The number of aliphatic hydroxyl groups excluding tert-OH is 1. The van der Waals surface area contributed by atoms with E-state index in [-0.39, 0.29) is 18.6 Å². The second kappa shape index (κ2) is 6.39. The molecular weight excluding hydrogens is 218 g/mol. The molecule has 1 aromatic heterocycles. The smallest absolute Gasteiger partial charge is 0.220 e. The summed E-state index contributed by atoms with van der Waals surface area (Å²) in [6.07, 6.45) is 3.71. The van der Waals surface area contributed by atoms with Crippen molar-refractivity contribution >= 4 is 5.91 Å². The van der Waals surface area contributed by atoms with E-state index in [4.69, 9.17) is 5.11 Å². The van der Waals surface area contributed by atoms with Gasteiger partial charge in [0.1, 0.15) is 0 Å². The molecular formula is C12H21N3O2. The molecule has 2 N–H and O–H groups in total. The highest BCUT2D eigenvalue weighted by Gasteiger charge is 2.09. The normalized spacial score (nSPS) is 12.5. The number of carbonyl (C=O) groups excluding carboxylic acids is 1. The SMILES string of the molecule is Cc1nn(C)cc1CCC(=O)NC(C)CCO. The molecule has 1 heterocycles. The van der Waals surface area contributed by atoms with Gasteiger partial charge in [-0.25, -0.2) is 0 Å². The Bertz CT molecular complexity index is 374. The Kier molecular flexibility index (Phi) is 5.15. The molecule has 1 aromatic rings. The van der Waals surface area contributed by atoms with E-state index in [1.54, 1.807) is 4.68 Å². The molecule has 1 unspecified atom stereocenters. The van der Waals surface area contributed by atoms with Gasteiger partial charge in [0.2, 0.25) is 5.91 Å². The van der Waals surface area contributed by atoms with Crippen LogP contribution in [-0.4, -0.2) is 33.4 Å². The summed E-state index contributed by atoms with van der Waals surface area (Å²) in [5, 5.41) is 15.8. The molecule has 0 aliphatic rings. The Labute approximate surface area is 102 Å². The quantitative estimate of drug-likeness (QED) is 0.761. The topological polar surface area (TPSA) is 67.2 Å². The molecule has 5 nitrogen and oxygen atoms in total. The van der Waals surface area contributed by atoms with Gasteiger partial charge in [-0.05, 0) is 32.3 Å². The molecule has 0 saturated carbocycles. The first-order chi connectivity index (χ1) is 8.02. The fraction of sp³-hybridized carbons (Fsp3) is 0.667. The first-order valence-corrected chi connectivity index (χ1v) is 5.92. The van der Waals surface area contributed by atoms with Crippen LogP contribution in [0, 0.1) is 6.92 Å². The van der Waals surface area contributed by atoms with Gasteiger partial charge in [0.25, 0.3) is 0 Å². The lowest BCUT2D eigenvalue weighted by atomic mass is 10.1. The molecule has 1 atom stereocenters. The van der Waals surface area contributed by atoms with Crippen molar-refractivity contribution in [3.8, 4) is 0 Å². The van der Waals surface area contributed by atoms with E-state index < -0.39 is 0 Å². The summed E-state index contributed by atoms with van der Waals surface area (Å²) in [4.78, 5) is 11.6. The van der Waals surface area contributed by atoms with E-state index in [0.717, 1.165) is 11.3 Å². The van der Waals surface area contributed by atoms with Crippen molar-refractivity contribution in [1.82, 2.24) is 15.1 Å². The predicted molar refractivity (Wildman–Crippen MR) is 65.6 cm³/mol. The number of aryl methyl sites for hydroxylation is 3. The van der Waals surface area contributed by atoms with Crippen molar-refractivity contribution in [2.45, 2.75) is 39.2 Å². The maximum Gasteiger partial charge on any atom is 0.220 e. The Morgan fingerprint density at radius 1 is 1.65 bits per heavy atom. The van der Waals surface area contributed by atoms with Gasteiger partial charge in [0.15, 0.2) is 0 Å². The highest BCUT2D eigenvalue weighted by molar-refractivity contribution is 5.76. The third-order valence-electron chi connectivity index (χ3n) is 2.71. The predicted octanol–water partition coefficient (Wildman–Crippen LogP) is 0.548. The lowest BCUT2D eigenvalue weighted by Crippen LogP contribution is -2.33. The van der Waals surface area contributed by atoms with E-state index in [0.29, 0.717) is 19.3 Å². The zero-order valence-corrected chi connectivity index (χ0v) is 10.7. The van der Waals surface area contributed by atoms with Crippen LogP contribution in [0.5, 0.6) is 0 Å². The maximum atomic E-state index is 11.6. The highest BCUT2D eigenvalue weighted by Crippen LogP contribution is 2.07. The largest absolute Gasteiger partial charge is 0.396 e. The van der Waals surface area contributed by atoms with Crippen LogP contribution in [0.25, 0.3) is 0 Å². The molecule has 1 rings (SSSR count). The van der Waals surface area contributed by atoms with E-state index in [9.17, 15) is 4.79 Å². The third-order valence-corrected chi connectivity index (χ3v) is 2.71. The molecule has 96 valence electrons. The first-order valence-electron chi connectivity index (χ1n) is 5.92. The summed E-state index contributed by atoms with van der Waals surface area (Å²) in [6, 6.07) is 0.0301. The minimum absolute atomic E-state index is 0.0224. The molecule has 0 aliphatic heterocycles. The van der Waals surface area contributed by atoms with E-state index in [1.807, 2.05) is 27.1 Å². The monoisotopic (exact) mass is 239 g/mol. The van der Waals surface area contributed by atoms with Gasteiger partial charge in [-0.3, -0.25) is 9.48 Å². The Balaban J connectivity index is 2.35. The fourth-order valence-corrected chi connectivity index (χ4v) is 1.76. The van der Waals surface area contributed by atoms with Crippen LogP contribution < -0.4 is 5.32 Å². The number of nitrogens with zero attached hydrogens (tertiary/aromatic N) is 2. The van der Waals surface area contributed by atoms with Crippen LogP contribution in [0.4, 0.5) is 0 Å². The lowest BCUT2D eigenvalue weighted by molar-refractivity contribution is -0.121. The molecule has 0 spiro atoms.